The van der Waals surface area contributed by atoms with E-state index in [9.17, 15) is 4.79 Å². The van der Waals surface area contributed by atoms with Crippen molar-refractivity contribution in [2.45, 2.75) is 71.1 Å². The van der Waals surface area contributed by atoms with Gasteiger partial charge in [-0.05, 0) is 31.1 Å². The number of rotatable bonds is 9. The Labute approximate surface area is 111 Å². The summed E-state index contributed by atoms with van der Waals surface area (Å²) < 4.78 is 0. The Morgan fingerprint density at radius 2 is 1.44 bits per heavy atom. The molecule has 0 aromatic carbocycles. The highest BCUT2D eigenvalue weighted by molar-refractivity contribution is 5.66. The molecule has 0 rings (SSSR count). The smallest absolute Gasteiger partial charge is 0.303 e. The lowest BCUT2D eigenvalue weighted by atomic mass is 10.1. The number of carboxylic acids is 1. The van der Waals surface area contributed by atoms with E-state index in [1.165, 1.54) is 12.8 Å². The Morgan fingerprint density at radius 1 is 0.889 bits per heavy atom. The van der Waals surface area contributed by atoms with E-state index in [1.807, 2.05) is 0 Å². The van der Waals surface area contributed by atoms with Gasteiger partial charge >= 0.3 is 5.97 Å². The Balaban J connectivity index is 3.21. The average Bonchev–Trinajstić information content (AvgIpc) is 2.34. The fraction of sp³-hybridized carbons (Fsp3) is 0.688. The summed E-state index contributed by atoms with van der Waals surface area (Å²) in [5.41, 5.74) is 0. The van der Waals surface area contributed by atoms with Crippen LogP contribution in [0.3, 0.4) is 0 Å². The Hall–Kier alpha value is -1.41. The van der Waals surface area contributed by atoms with Gasteiger partial charge < -0.3 is 5.11 Å². The number of hydrogen-bond donors (Lipinski definition) is 1. The van der Waals surface area contributed by atoms with E-state index in [0.29, 0.717) is 6.42 Å². The molecule has 0 saturated carbocycles. The van der Waals surface area contributed by atoms with Crippen LogP contribution in [-0.2, 0) is 4.79 Å². The lowest BCUT2D eigenvalue weighted by Gasteiger charge is -1.98. The van der Waals surface area contributed by atoms with Gasteiger partial charge in [0.2, 0.25) is 0 Å². The van der Waals surface area contributed by atoms with Gasteiger partial charge in [-0.2, -0.15) is 0 Å². The summed E-state index contributed by atoms with van der Waals surface area (Å²) in [6.45, 7) is 2.11. The van der Waals surface area contributed by atoms with Crippen molar-refractivity contribution >= 4 is 5.97 Å². The van der Waals surface area contributed by atoms with Crippen molar-refractivity contribution in [3.8, 4) is 23.7 Å². The molecule has 0 aliphatic carbocycles. The average molecular weight is 248 g/mol. The van der Waals surface area contributed by atoms with Crippen LogP contribution in [0.4, 0.5) is 0 Å². The van der Waals surface area contributed by atoms with Crippen molar-refractivity contribution in [3.05, 3.63) is 0 Å². The highest BCUT2D eigenvalue weighted by Gasteiger charge is 1.95. The van der Waals surface area contributed by atoms with Gasteiger partial charge in [0.05, 0.1) is 0 Å². The van der Waals surface area contributed by atoms with Crippen LogP contribution in [0.1, 0.15) is 71.1 Å². The van der Waals surface area contributed by atoms with Crippen LogP contribution < -0.4 is 0 Å². The zero-order valence-corrected chi connectivity index (χ0v) is 11.4. The number of unbranched alkanes of at least 4 members (excludes halogenated alkanes) is 7. The molecule has 0 aromatic heterocycles. The Morgan fingerprint density at radius 3 is 2.06 bits per heavy atom. The van der Waals surface area contributed by atoms with Crippen molar-refractivity contribution in [1.29, 1.82) is 0 Å². The van der Waals surface area contributed by atoms with Crippen LogP contribution in [0.15, 0.2) is 0 Å². The van der Waals surface area contributed by atoms with Crippen molar-refractivity contribution in [2.75, 3.05) is 0 Å². The normalized spacial score (nSPS) is 8.94. The molecule has 0 radical (unpaired) electrons. The molecule has 0 aliphatic rings. The van der Waals surface area contributed by atoms with Gasteiger partial charge in [-0.1, -0.05) is 44.4 Å². The molecular weight excluding hydrogens is 224 g/mol. The third kappa shape index (κ3) is 14.6. The van der Waals surface area contributed by atoms with E-state index in [0.717, 1.165) is 44.9 Å². The second kappa shape index (κ2) is 13.7. The molecule has 0 aromatic rings. The Bertz CT molecular complexity index is 322. The molecule has 0 atom stereocenters. The molecule has 2 nitrogen and oxygen atoms in total. The summed E-state index contributed by atoms with van der Waals surface area (Å²) in [4.78, 5) is 10.3. The van der Waals surface area contributed by atoms with E-state index < -0.39 is 5.97 Å². The van der Waals surface area contributed by atoms with Crippen molar-refractivity contribution in [3.63, 3.8) is 0 Å². The molecule has 1 N–H and O–H groups in total. The van der Waals surface area contributed by atoms with E-state index in [4.69, 9.17) is 5.11 Å². The highest BCUT2D eigenvalue weighted by atomic mass is 16.4. The molecule has 0 amide bonds. The molecular formula is C16H24O2. The zero-order chi connectivity index (χ0) is 13.5. The third-order valence-electron chi connectivity index (χ3n) is 2.56. The minimum Gasteiger partial charge on any atom is -0.481 e. The molecule has 100 valence electrons. The summed E-state index contributed by atoms with van der Waals surface area (Å²) in [5, 5.41) is 8.46. The number of carbonyl (C=O) groups is 1. The summed E-state index contributed by atoms with van der Waals surface area (Å²) in [6.07, 6.45) is 9.73. The van der Waals surface area contributed by atoms with Gasteiger partial charge in [0.25, 0.3) is 0 Å². The van der Waals surface area contributed by atoms with Crippen molar-refractivity contribution < 1.29 is 9.90 Å². The lowest BCUT2D eigenvalue weighted by Crippen LogP contribution is -1.93. The summed E-state index contributed by atoms with van der Waals surface area (Å²) in [7, 11) is 0. The largest absolute Gasteiger partial charge is 0.481 e. The third-order valence-corrected chi connectivity index (χ3v) is 2.56. The lowest BCUT2D eigenvalue weighted by molar-refractivity contribution is -0.137. The first-order valence-corrected chi connectivity index (χ1v) is 6.95. The summed E-state index contributed by atoms with van der Waals surface area (Å²) >= 11 is 0. The Kier molecular flexibility index (Phi) is 12.6. The van der Waals surface area contributed by atoms with Crippen molar-refractivity contribution in [2.24, 2.45) is 0 Å². The van der Waals surface area contributed by atoms with Gasteiger partial charge in [0, 0.05) is 19.3 Å². The van der Waals surface area contributed by atoms with E-state index in [-0.39, 0.29) is 0 Å². The van der Waals surface area contributed by atoms with Crippen LogP contribution in [0.5, 0.6) is 0 Å². The van der Waals surface area contributed by atoms with E-state index in [2.05, 4.69) is 30.6 Å². The fourth-order valence-electron chi connectivity index (χ4n) is 1.54. The van der Waals surface area contributed by atoms with E-state index in [1.54, 1.807) is 0 Å². The zero-order valence-electron chi connectivity index (χ0n) is 11.4. The van der Waals surface area contributed by atoms with Gasteiger partial charge in [0.1, 0.15) is 0 Å². The van der Waals surface area contributed by atoms with E-state index >= 15 is 0 Å². The maximum absolute atomic E-state index is 10.3. The van der Waals surface area contributed by atoms with Crippen LogP contribution in [0.2, 0.25) is 0 Å². The summed E-state index contributed by atoms with van der Waals surface area (Å²) in [6, 6.07) is 0. The number of hydrogen-bond acceptors (Lipinski definition) is 1. The van der Waals surface area contributed by atoms with Gasteiger partial charge in [-0.3, -0.25) is 4.79 Å². The predicted octanol–water partition coefficient (Wildman–Crippen LogP) is 4.00. The molecule has 0 unspecified atom stereocenters. The van der Waals surface area contributed by atoms with Crippen molar-refractivity contribution in [1.82, 2.24) is 0 Å². The van der Waals surface area contributed by atoms with Gasteiger partial charge in [-0.25, -0.2) is 0 Å². The molecule has 0 saturated heterocycles. The molecule has 0 bridgehead atoms. The molecule has 0 fully saturated rings. The van der Waals surface area contributed by atoms with Crippen LogP contribution in [0, 0.1) is 23.7 Å². The second-order valence-corrected chi connectivity index (χ2v) is 4.37. The van der Waals surface area contributed by atoms with Crippen LogP contribution in [0.25, 0.3) is 0 Å². The first kappa shape index (κ1) is 16.6. The molecule has 18 heavy (non-hydrogen) atoms. The fourth-order valence-corrected chi connectivity index (χ4v) is 1.54. The summed E-state index contributed by atoms with van der Waals surface area (Å²) in [5.74, 6) is 11.1. The SMILES string of the molecule is CCCC#CC#CCCCCCCCCC(=O)O. The van der Waals surface area contributed by atoms with Crippen LogP contribution >= 0.6 is 0 Å². The maximum Gasteiger partial charge on any atom is 0.303 e. The quantitative estimate of drug-likeness (QED) is 0.494. The molecule has 2 heteroatoms. The molecule has 0 heterocycles. The number of carboxylic acid groups (broad SMARTS) is 1. The number of aliphatic carboxylic acids is 1. The van der Waals surface area contributed by atoms with Gasteiger partial charge in [0.15, 0.2) is 0 Å². The second-order valence-electron chi connectivity index (χ2n) is 4.37. The highest BCUT2D eigenvalue weighted by Crippen LogP contribution is 2.08. The monoisotopic (exact) mass is 248 g/mol. The first-order valence-electron chi connectivity index (χ1n) is 6.95. The van der Waals surface area contributed by atoms with Gasteiger partial charge in [-0.15, -0.1) is 0 Å². The minimum absolute atomic E-state index is 0.307. The molecule has 0 spiro atoms. The topological polar surface area (TPSA) is 37.3 Å². The van der Waals surface area contributed by atoms with Crippen LogP contribution in [-0.4, -0.2) is 11.1 Å². The molecule has 0 aliphatic heterocycles. The minimum atomic E-state index is -0.686. The predicted molar refractivity (Wildman–Crippen MR) is 75.0 cm³/mol. The maximum atomic E-state index is 10.3. The standard InChI is InChI=1S/C16H24O2/c1-2-3-4-5-6-7-8-9-10-11-12-13-14-15-16(17)18/h2-3,8-15H2,1H3,(H,17,18). The first-order chi connectivity index (χ1) is 8.77.